The predicted octanol–water partition coefficient (Wildman–Crippen LogP) is -1.97. The topological polar surface area (TPSA) is 244 Å². The Hall–Kier alpha value is -3.07. The van der Waals surface area contributed by atoms with Gasteiger partial charge in [-0.05, 0) is 50.5 Å². The van der Waals surface area contributed by atoms with E-state index in [4.69, 9.17) is 22.3 Å². The summed E-state index contributed by atoms with van der Waals surface area (Å²) >= 11 is 1.44. The molecule has 4 unspecified atom stereocenters. The maximum absolute atomic E-state index is 13.1. The number of carboxylic acid groups (broad SMARTS) is 2. The Balaban J connectivity index is 2.93. The molecule has 10 N–H and O–H groups in total. The van der Waals surface area contributed by atoms with Gasteiger partial charge in [-0.2, -0.15) is 11.8 Å². The van der Waals surface area contributed by atoms with Gasteiger partial charge in [0.05, 0.1) is 6.04 Å². The Morgan fingerprint density at radius 2 is 1.78 bits per heavy atom. The number of rotatable bonds is 16. The molecule has 1 saturated heterocycles. The number of nitrogens with zero attached hydrogens (tertiary/aromatic N) is 2. The van der Waals surface area contributed by atoms with Gasteiger partial charge in [0.15, 0.2) is 5.96 Å². The molecule has 14 nitrogen and oxygen atoms in total. The van der Waals surface area contributed by atoms with Crippen molar-refractivity contribution in [2.75, 3.05) is 25.1 Å². The van der Waals surface area contributed by atoms with E-state index in [1.165, 1.54) is 16.7 Å². The van der Waals surface area contributed by atoms with Crippen LogP contribution in [-0.2, 0) is 24.0 Å². The van der Waals surface area contributed by atoms with Crippen LogP contribution in [0.1, 0.15) is 44.9 Å². The Bertz CT molecular complexity index is 822. The van der Waals surface area contributed by atoms with E-state index in [2.05, 4.69) is 15.6 Å². The molecule has 15 heteroatoms. The molecule has 0 aromatic heterocycles. The highest BCUT2D eigenvalue weighted by Gasteiger charge is 2.37. The van der Waals surface area contributed by atoms with E-state index >= 15 is 0 Å². The van der Waals surface area contributed by atoms with Gasteiger partial charge in [-0.1, -0.05) is 0 Å². The van der Waals surface area contributed by atoms with Crippen molar-refractivity contribution >= 4 is 47.4 Å². The molecule has 0 bridgehead atoms. The molecule has 0 spiro atoms. The molecule has 1 aliphatic rings. The van der Waals surface area contributed by atoms with Crippen molar-refractivity contribution in [3.8, 4) is 0 Å². The standard InChI is InChI=1S/C21H37N7O7S/c1-36-11-8-14(20(34)35)27-17(31)13(4-2-9-25-21(23)24)26-18(32)15-5-3-10-28(15)19(33)12(22)6-7-16(29)30/h12-15H,2-11,22H2,1H3,(H,26,32)(H,27,31)(H,29,30)(H,34,35)(H4,23,24,25). The fraction of sp³-hybridized carbons (Fsp3) is 0.714. The first kappa shape index (κ1) is 31.0. The average molecular weight is 532 g/mol. The van der Waals surface area contributed by atoms with Crippen molar-refractivity contribution < 1.29 is 34.2 Å². The van der Waals surface area contributed by atoms with Crippen molar-refractivity contribution in [1.29, 1.82) is 0 Å². The Morgan fingerprint density at radius 3 is 2.36 bits per heavy atom. The first-order chi connectivity index (χ1) is 17.0. The zero-order chi connectivity index (χ0) is 27.3. The lowest BCUT2D eigenvalue weighted by atomic mass is 10.1. The summed E-state index contributed by atoms with van der Waals surface area (Å²) in [7, 11) is 0. The second kappa shape index (κ2) is 15.8. The van der Waals surface area contributed by atoms with Crippen LogP contribution in [0.5, 0.6) is 0 Å². The smallest absolute Gasteiger partial charge is 0.326 e. The number of guanidine groups is 1. The van der Waals surface area contributed by atoms with Crippen LogP contribution in [0.4, 0.5) is 0 Å². The van der Waals surface area contributed by atoms with Crippen LogP contribution in [0.3, 0.4) is 0 Å². The highest BCUT2D eigenvalue weighted by molar-refractivity contribution is 7.98. The number of carbonyl (C=O) groups is 5. The number of hydrogen-bond acceptors (Lipinski definition) is 8. The van der Waals surface area contributed by atoms with Crippen molar-refractivity contribution in [2.45, 2.75) is 69.1 Å². The molecule has 1 aliphatic heterocycles. The summed E-state index contributed by atoms with van der Waals surface area (Å²) in [6.07, 6.45) is 3.00. The number of aliphatic imine (C=N–C) groups is 1. The minimum absolute atomic E-state index is 0.0680. The van der Waals surface area contributed by atoms with E-state index in [0.717, 1.165) is 0 Å². The van der Waals surface area contributed by atoms with Gasteiger partial charge in [0.1, 0.15) is 18.1 Å². The Kier molecular flexibility index (Phi) is 13.6. The maximum Gasteiger partial charge on any atom is 0.326 e. The van der Waals surface area contributed by atoms with Gasteiger partial charge in [0.25, 0.3) is 0 Å². The van der Waals surface area contributed by atoms with E-state index < -0.39 is 53.8 Å². The van der Waals surface area contributed by atoms with Gasteiger partial charge >= 0.3 is 11.9 Å². The van der Waals surface area contributed by atoms with Gasteiger partial charge < -0.3 is 42.9 Å². The molecule has 1 heterocycles. The number of carboxylic acids is 2. The van der Waals surface area contributed by atoms with Crippen LogP contribution in [-0.4, -0.2) is 100.0 Å². The molecular weight excluding hydrogens is 494 g/mol. The lowest BCUT2D eigenvalue weighted by molar-refractivity contribution is -0.143. The van der Waals surface area contributed by atoms with Crippen LogP contribution in [0.2, 0.25) is 0 Å². The zero-order valence-electron chi connectivity index (χ0n) is 20.4. The van der Waals surface area contributed by atoms with Gasteiger partial charge in [0.2, 0.25) is 17.7 Å². The van der Waals surface area contributed by atoms with E-state index in [-0.39, 0.29) is 44.7 Å². The number of thioether (sulfide) groups is 1. The molecule has 0 aliphatic carbocycles. The number of aliphatic carboxylic acids is 2. The number of likely N-dealkylation sites (tertiary alicyclic amines) is 1. The molecule has 3 amide bonds. The summed E-state index contributed by atoms with van der Waals surface area (Å²) in [4.78, 5) is 66.2. The van der Waals surface area contributed by atoms with Crippen LogP contribution in [0.25, 0.3) is 0 Å². The summed E-state index contributed by atoms with van der Waals surface area (Å²) in [5.41, 5.74) is 16.5. The molecule has 4 atom stereocenters. The van der Waals surface area contributed by atoms with Crippen LogP contribution < -0.4 is 27.8 Å². The van der Waals surface area contributed by atoms with Crippen molar-refractivity contribution in [3.63, 3.8) is 0 Å². The van der Waals surface area contributed by atoms with Crippen LogP contribution in [0.15, 0.2) is 4.99 Å². The quantitative estimate of drug-likeness (QED) is 0.0654. The third-order valence-corrected chi connectivity index (χ3v) is 6.27. The SMILES string of the molecule is CSCCC(NC(=O)C(CCCN=C(N)N)NC(=O)C1CCCN1C(=O)C(N)CCC(=O)O)C(=O)O. The van der Waals surface area contributed by atoms with Gasteiger partial charge in [-0.25, -0.2) is 4.79 Å². The number of carbonyl (C=O) groups excluding carboxylic acids is 3. The van der Waals surface area contributed by atoms with Gasteiger partial charge in [-0.3, -0.25) is 24.2 Å². The minimum Gasteiger partial charge on any atom is -0.481 e. The van der Waals surface area contributed by atoms with Gasteiger partial charge in [0, 0.05) is 19.5 Å². The first-order valence-corrected chi connectivity index (χ1v) is 13.0. The van der Waals surface area contributed by atoms with E-state index in [1.807, 2.05) is 6.26 Å². The van der Waals surface area contributed by atoms with Crippen LogP contribution >= 0.6 is 11.8 Å². The van der Waals surface area contributed by atoms with E-state index in [0.29, 0.717) is 25.0 Å². The summed E-state index contributed by atoms with van der Waals surface area (Å²) in [6, 6.07) is -4.16. The highest BCUT2D eigenvalue weighted by Crippen LogP contribution is 2.20. The summed E-state index contributed by atoms with van der Waals surface area (Å²) < 4.78 is 0. The van der Waals surface area contributed by atoms with Crippen LogP contribution in [0, 0.1) is 0 Å². The third kappa shape index (κ3) is 10.7. The average Bonchev–Trinajstić information content (AvgIpc) is 3.31. The second-order valence-corrected chi connectivity index (χ2v) is 9.41. The fourth-order valence-corrected chi connectivity index (χ4v) is 4.20. The lowest BCUT2D eigenvalue weighted by Crippen LogP contribution is -2.56. The maximum atomic E-state index is 13.1. The predicted molar refractivity (Wildman–Crippen MR) is 134 cm³/mol. The number of hydrogen-bond donors (Lipinski definition) is 7. The molecule has 36 heavy (non-hydrogen) atoms. The molecule has 0 radical (unpaired) electrons. The second-order valence-electron chi connectivity index (χ2n) is 8.42. The van der Waals surface area contributed by atoms with E-state index in [1.54, 1.807) is 0 Å². The molecule has 1 fully saturated rings. The minimum atomic E-state index is -1.19. The zero-order valence-corrected chi connectivity index (χ0v) is 21.2. The highest BCUT2D eigenvalue weighted by atomic mass is 32.2. The largest absolute Gasteiger partial charge is 0.481 e. The Morgan fingerprint density at radius 1 is 1.08 bits per heavy atom. The molecule has 204 valence electrons. The molecule has 0 aromatic rings. The fourth-order valence-electron chi connectivity index (χ4n) is 3.72. The first-order valence-electron chi connectivity index (χ1n) is 11.6. The van der Waals surface area contributed by atoms with Crippen molar-refractivity contribution in [2.24, 2.45) is 22.2 Å². The molecule has 1 rings (SSSR count). The third-order valence-electron chi connectivity index (χ3n) is 5.63. The summed E-state index contributed by atoms with van der Waals surface area (Å²) in [5.74, 6) is -3.67. The number of amides is 3. The Labute approximate surface area is 213 Å². The lowest BCUT2D eigenvalue weighted by Gasteiger charge is -2.28. The summed E-state index contributed by atoms with van der Waals surface area (Å²) in [6.45, 7) is 0.470. The molecule has 0 aromatic carbocycles. The molecule has 0 saturated carbocycles. The monoisotopic (exact) mass is 531 g/mol. The van der Waals surface area contributed by atoms with Gasteiger partial charge in [-0.15, -0.1) is 0 Å². The van der Waals surface area contributed by atoms with Crippen molar-refractivity contribution in [1.82, 2.24) is 15.5 Å². The number of nitrogens with two attached hydrogens (primary N) is 3. The normalized spacial score (nSPS) is 17.5. The number of nitrogens with one attached hydrogen (secondary N) is 2. The molecular formula is C21H37N7O7S. The van der Waals surface area contributed by atoms with E-state index in [9.17, 15) is 29.1 Å². The van der Waals surface area contributed by atoms with Crippen molar-refractivity contribution in [3.05, 3.63) is 0 Å². The summed E-state index contributed by atoms with van der Waals surface area (Å²) in [5, 5.41) is 23.4.